The Labute approximate surface area is 217 Å². The minimum atomic E-state index is -4.99. The van der Waals surface area contributed by atoms with Gasteiger partial charge in [-0.1, -0.05) is 47.2 Å². The first-order valence-electron chi connectivity index (χ1n) is 10.9. The molecule has 0 saturated heterocycles. The molecule has 1 aromatic heterocycles. The maximum absolute atomic E-state index is 14.2. The van der Waals surface area contributed by atoms with Crippen LogP contribution in [0, 0.1) is 0 Å². The highest BCUT2D eigenvalue weighted by Gasteiger charge is 2.45. The van der Waals surface area contributed by atoms with E-state index in [1.165, 1.54) is 51.5 Å². The maximum atomic E-state index is 14.2. The highest BCUT2D eigenvalue weighted by molar-refractivity contribution is 7.07. The normalized spacial score (nSPS) is 15.8. The van der Waals surface area contributed by atoms with Crippen molar-refractivity contribution in [2.24, 2.45) is 4.99 Å². The summed E-state index contributed by atoms with van der Waals surface area (Å²) in [5.74, 6) is -0.470. The summed E-state index contributed by atoms with van der Waals surface area (Å²) in [7, 11) is 2.88. The Morgan fingerprint density at radius 3 is 2.46 bits per heavy atom. The van der Waals surface area contributed by atoms with Crippen LogP contribution in [0.25, 0.3) is 6.08 Å². The number of rotatable bonds is 6. The lowest BCUT2D eigenvalue weighted by molar-refractivity contribution is -0.140. The molecule has 1 aliphatic heterocycles. The molecule has 0 bridgehead atoms. The van der Waals surface area contributed by atoms with Gasteiger partial charge in [0.15, 0.2) is 22.0 Å². The van der Waals surface area contributed by atoms with Crippen LogP contribution in [0.3, 0.4) is 0 Å². The molecular weight excluding hydrogens is 533 g/mol. The van der Waals surface area contributed by atoms with Gasteiger partial charge in [0.1, 0.15) is 0 Å². The number of allylic oxidation sites excluding steroid dienone is 1. The molecule has 0 N–H and O–H groups in total. The highest BCUT2D eigenvalue weighted by atomic mass is 35.5. The van der Waals surface area contributed by atoms with Crippen LogP contribution < -0.4 is 24.4 Å². The standard InChI is InChI=1S/C25H20ClF3N2O5S/c1-4-36-23(33)18-19(13-8-10-15(26)11-9-13)31-22(32)17(37-24(31)30-21(18)25(27,28)29)12-14-6-5-7-16(34-2)20(14)35-3/h5-12,19H,4H2,1-3H3/b17-12-/t19-/m0/s1. The molecule has 0 aliphatic carbocycles. The molecule has 194 valence electrons. The van der Waals surface area contributed by atoms with Gasteiger partial charge in [-0.25, -0.2) is 9.79 Å². The predicted molar refractivity (Wildman–Crippen MR) is 132 cm³/mol. The number of hydrogen-bond donors (Lipinski definition) is 0. The van der Waals surface area contributed by atoms with Gasteiger partial charge >= 0.3 is 12.1 Å². The number of methoxy groups -OCH3 is 2. The van der Waals surface area contributed by atoms with Crippen molar-refractivity contribution < 1.29 is 32.2 Å². The van der Waals surface area contributed by atoms with E-state index in [4.69, 9.17) is 25.8 Å². The summed E-state index contributed by atoms with van der Waals surface area (Å²) in [4.78, 5) is 30.0. The molecular formula is C25H20ClF3N2O5S. The van der Waals surface area contributed by atoms with Crippen molar-refractivity contribution in [3.05, 3.63) is 89.6 Å². The summed E-state index contributed by atoms with van der Waals surface area (Å²) in [6.45, 7) is 1.31. The minimum Gasteiger partial charge on any atom is -0.493 e. The van der Waals surface area contributed by atoms with Gasteiger partial charge in [0.2, 0.25) is 0 Å². The molecule has 7 nitrogen and oxygen atoms in total. The third kappa shape index (κ3) is 5.01. The third-order valence-corrected chi connectivity index (χ3v) is 6.74. The minimum absolute atomic E-state index is 0.0795. The van der Waals surface area contributed by atoms with Crippen molar-refractivity contribution in [1.29, 1.82) is 0 Å². The molecule has 0 fully saturated rings. The van der Waals surface area contributed by atoms with Crippen molar-refractivity contribution in [2.75, 3.05) is 20.8 Å². The second kappa shape index (κ2) is 10.4. The molecule has 2 heterocycles. The van der Waals surface area contributed by atoms with Crippen LogP contribution in [-0.2, 0) is 9.53 Å². The van der Waals surface area contributed by atoms with Gasteiger partial charge in [-0.2, -0.15) is 13.2 Å². The number of thiazole rings is 1. The van der Waals surface area contributed by atoms with Crippen molar-refractivity contribution in [3.63, 3.8) is 0 Å². The average Bonchev–Trinajstić information content (AvgIpc) is 3.17. The third-order valence-electron chi connectivity index (χ3n) is 5.50. The highest BCUT2D eigenvalue weighted by Crippen LogP contribution is 2.38. The predicted octanol–water partition coefficient (Wildman–Crippen LogP) is 4.01. The van der Waals surface area contributed by atoms with Crippen molar-refractivity contribution in [2.45, 2.75) is 19.1 Å². The fourth-order valence-electron chi connectivity index (χ4n) is 3.97. The van der Waals surface area contributed by atoms with E-state index in [0.717, 1.165) is 15.9 Å². The topological polar surface area (TPSA) is 79.1 Å². The lowest BCUT2D eigenvalue weighted by atomic mass is 9.95. The van der Waals surface area contributed by atoms with Crippen LogP contribution in [0.2, 0.25) is 5.02 Å². The van der Waals surface area contributed by atoms with E-state index < -0.39 is 35.0 Å². The largest absolute Gasteiger partial charge is 0.493 e. The van der Waals surface area contributed by atoms with Gasteiger partial charge in [0, 0.05) is 10.6 Å². The summed E-state index contributed by atoms with van der Waals surface area (Å²) in [6, 6.07) is 9.40. The number of carbonyl (C=O) groups is 1. The number of hydrogen-bond acceptors (Lipinski definition) is 7. The van der Waals surface area contributed by atoms with E-state index in [0.29, 0.717) is 22.1 Å². The SMILES string of the molecule is CCOC(=O)C1=C(C(F)(F)F)N=c2s/c(=C\c3cccc(OC)c3OC)c(=O)n2[C@H]1c1ccc(Cl)cc1. The summed E-state index contributed by atoms with van der Waals surface area (Å²) in [5, 5.41) is 0.332. The second-order valence-corrected chi connectivity index (χ2v) is 9.14. The number of ether oxygens (including phenoxy) is 3. The first-order chi connectivity index (χ1) is 17.6. The lowest BCUT2D eigenvalue weighted by Gasteiger charge is -2.26. The summed E-state index contributed by atoms with van der Waals surface area (Å²) in [5.41, 5.74) is -2.14. The number of halogens is 4. The summed E-state index contributed by atoms with van der Waals surface area (Å²) >= 11 is 6.74. The van der Waals surface area contributed by atoms with Gasteiger partial charge in [-0.15, -0.1) is 0 Å². The van der Waals surface area contributed by atoms with Gasteiger partial charge in [-0.3, -0.25) is 9.36 Å². The van der Waals surface area contributed by atoms with Crippen LogP contribution >= 0.6 is 22.9 Å². The van der Waals surface area contributed by atoms with Gasteiger partial charge < -0.3 is 14.2 Å². The number of fused-ring (bicyclic) bond motifs is 1. The molecule has 1 atom stereocenters. The number of nitrogens with zero attached hydrogens (tertiary/aromatic N) is 2. The number of para-hydroxylation sites is 1. The second-order valence-electron chi connectivity index (χ2n) is 7.70. The van der Waals surface area contributed by atoms with E-state index in [-0.39, 0.29) is 21.5 Å². The van der Waals surface area contributed by atoms with Crippen LogP contribution in [0.4, 0.5) is 13.2 Å². The van der Waals surface area contributed by atoms with E-state index in [1.807, 2.05) is 0 Å². The fourth-order valence-corrected chi connectivity index (χ4v) is 5.09. The first kappa shape index (κ1) is 26.5. The van der Waals surface area contributed by atoms with Gasteiger partial charge in [0.25, 0.3) is 5.56 Å². The molecule has 3 aromatic rings. The number of benzene rings is 2. The van der Waals surface area contributed by atoms with E-state index in [2.05, 4.69) is 4.99 Å². The molecule has 2 aromatic carbocycles. The zero-order chi connectivity index (χ0) is 26.9. The number of aromatic nitrogens is 1. The van der Waals surface area contributed by atoms with E-state index in [1.54, 1.807) is 18.2 Å². The molecule has 0 radical (unpaired) electrons. The van der Waals surface area contributed by atoms with Crippen LogP contribution in [0.5, 0.6) is 11.5 Å². The number of esters is 1. The molecule has 4 rings (SSSR count). The Morgan fingerprint density at radius 2 is 1.86 bits per heavy atom. The molecule has 12 heteroatoms. The van der Waals surface area contributed by atoms with Crippen molar-refractivity contribution >= 4 is 35.0 Å². The molecule has 1 aliphatic rings. The average molecular weight is 553 g/mol. The van der Waals surface area contributed by atoms with E-state index in [9.17, 15) is 22.8 Å². The Balaban J connectivity index is 2.06. The van der Waals surface area contributed by atoms with Gasteiger partial charge in [-0.05, 0) is 36.8 Å². The zero-order valence-corrected chi connectivity index (χ0v) is 21.3. The van der Waals surface area contributed by atoms with Crippen LogP contribution in [0.15, 0.2) is 63.5 Å². The molecule has 0 saturated carbocycles. The Bertz CT molecular complexity index is 1560. The van der Waals surface area contributed by atoms with Crippen LogP contribution in [-0.4, -0.2) is 37.5 Å². The van der Waals surface area contributed by atoms with Gasteiger partial charge in [0.05, 0.1) is 37.0 Å². The Morgan fingerprint density at radius 1 is 1.16 bits per heavy atom. The monoisotopic (exact) mass is 552 g/mol. The number of alkyl halides is 3. The summed E-state index contributed by atoms with van der Waals surface area (Å²) < 4.78 is 59.3. The molecule has 0 unspecified atom stereocenters. The lowest BCUT2D eigenvalue weighted by Crippen LogP contribution is -2.41. The fraction of sp³-hybridized carbons (Fsp3) is 0.240. The quantitative estimate of drug-likeness (QED) is 0.432. The van der Waals surface area contributed by atoms with E-state index >= 15 is 0 Å². The molecule has 37 heavy (non-hydrogen) atoms. The summed E-state index contributed by atoms with van der Waals surface area (Å²) in [6.07, 6.45) is -3.51. The van der Waals surface area contributed by atoms with Crippen LogP contribution in [0.1, 0.15) is 24.1 Å². The molecule has 0 amide bonds. The first-order valence-corrected chi connectivity index (χ1v) is 12.1. The zero-order valence-electron chi connectivity index (χ0n) is 19.8. The number of carbonyl (C=O) groups excluding carboxylic acids is 1. The molecule has 0 spiro atoms. The Hall–Kier alpha value is -3.57. The smallest absolute Gasteiger partial charge is 0.434 e. The Kier molecular flexibility index (Phi) is 7.47. The maximum Gasteiger partial charge on any atom is 0.434 e. The van der Waals surface area contributed by atoms with Crippen molar-refractivity contribution in [3.8, 4) is 11.5 Å². The van der Waals surface area contributed by atoms with Crippen molar-refractivity contribution in [1.82, 2.24) is 4.57 Å².